The zero-order chi connectivity index (χ0) is 23.1. The minimum absolute atomic E-state index is 0. The molecular formula is C20H16NaO10P2. The van der Waals surface area contributed by atoms with Gasteiger partial charge in [0.15, 0.2) is 5.60 Å². The van der Waals surface area contributed by atoms with Gasteiger partial charge in [0, 0.05) is 46.2 Å². The van der Waals surface area contributed by atoms with Crippen LogP contribution in [0.2, 0.25) is 0 Å². The Labute approximate surface area is 209 Å². The molecule has 167 valence electrons. The Hall–Kier alpha value is -1.97. The van der Waals surface area contributed by atoms with Gasteiger partial charge in [-0.3, -0.25) is 19.6 Å². The molecule has 3 aromatic carbocycles. The number of fused-ring (bicyclic) bond motifs is 1. The molecule has 10 nitrogen and oxygen atoms in total. The van der Waals surface area contributed by atoms with Gasteiger partial charge in [-0.1, -0.05) is 42.5 Å². The molecule has 1 heterocycles. The van der Waals surface area contributed by atoms with Crippen LogP contribution in [0.4, 0.5) is 0 Å². The Balaban J connectivity index is 0.00000306. The van der Waals surface area contributed by atoms with Crippen LogP contribution in [0.5, 0.6) is 11.5 Å². The predicted molar refractivity (Wildman–Crippen MR) is 116 cm³/mol. The van der Waals surface area contributed by atoms with Crippen LogP contribution in [-0.2, 0) is 19.5 Å². The Morgan fingerprint density at radius 2 is 1.12 bits per heavy atom. The molecular weight excluding hydrogens is 485 g/mol. The summed E-state index contributed by atoms with van der Waals surface area (Å²) in [6.07, 6.45) is 0. The molecule has 0 unspecified atom stereocenters. The summed E-state index contributed by atoms with van der Waals surface area (Å²) in [7, 11) is -9.50. The molecule has 0 amide bonds. The van der Waals surface area contributed by atoms with Crippen molar-refractivity contribution in [3.05, 3.63) is 95.1 Å². The minimum Gasteiger partial charge on any atom is -0.441 e. The molecule has 1 aliphatic rings. The number of phosphoric acid groups is 2. The number of carbonyl (C=O) groups is 1. The Kier molecular flexibility index (Phi) is 7.27. The first-order valence-corrected chi connectivity index (χ1v) is 12.1. The number of carbonyl (C=O) groups excluding carboxylic acids is 1. The maximum atomic E-state index is 12.7. The van der Waals surface area contributed by atoms with Crippen molar-refractivity contribution in [3.63, 3.8) is 0 Å². The summed E-state index contributed by atoms with van der Waals surface area (Å²) in [6.45, 7) is 0. The predicted octanol–water partition coefficient (Wildman–Crippen LogP) is 2.71. The Bertz CT molecular complexity index is 1200. The van der Waals surface area contributed by atoms with E-state index in [9.17, 15) is 13.9 Å². The van der Waals surface area contributed by atoms with E-state index in [1.807, 2.05) is 0 Å². The fraction of sp³-hybridized carbons (Fsp3) is 0.0500. The van der Waals surface area contributed by atoms with E-state index in [0.29, 0.717) is 22.3 Å². The van der Waals surface area contributed by atoms with Crippen LogP contribution in [0.3, 0.4) is 0 Å². The van der Waals surface area contributed by atoms with Crippen molar-refractivity contribution < 1.29 is 47.3 Å². The standard InChI is InChI=1S/C20H16O10P2.Na/c21-19-17-3-1-2-4-18(17)20(28-19,13-5-9-15(10-6-13)29-31(22,23)24)14-7-11-16(12-8-14)30-32(25,26)27;/h1-12H,(H2,22,23,24)(H2,25,26,27);. The number of benzene rings is 3. The molecule has 0 saturated heterocycles. The largest absolute Gasteiger partial charge is 0.524 e. The first-order chi connectivity index (χ1) is 15.0. The van der Waals surface area contributed by atoms with E-state index < -0.39 is 27.2 Å². The first kappa shape index (κ1) is 25.6. The van der Waals surface area contributed by atoms with Crippen LogP contribution in [-0.4, -0.2) is 55.1 Å². The van der Waals surface area contributed by atoms with Gasteiger partial charge in [-0.15, -0.1) is 0 Å². The van der Waals surface area contributed by atoms with Crippen molar-refractivity contribution in [2.45, 2.75) is 5.60 Å². The van der Waals surface area contributed by atoms with Crippen LogP contribution in [0, 0.1) is 0 Å². The van der Waals surface area contributed by atoms with Crippen LogP contribution in [0.25, 0.3) is 0 Å². The second-order valence-corrected chi connectivity index (χ2v) is 9.16. The SMILES string of the molecule is O=C1OC(c2ccc(OP(=O)(O)O)cc2)(c2ccc(OP(=O)(O)O)cc2)c2ccccc21.[Na]. The molecule has 0 aromatic heterocycles. The quantitative estimate of drug-likeness (QED) is 0.225. The van der Waals surface area contributed by atoms with Crippen molar-refractivity contribution in [3.8, 4) is 11.5 Å². The third-order valence-corrected chi connectivity index (χ3v) is 5.64. The summed E-state index contributed by atoms with van der Waals surface area (Å²) in [5.41, 5.74) is 0.348. The van der Waals surface area contributed by atoms with Gasteiger partial charge < -0.3 is 13.8 Å². The molecule has 0 saturated carbocycles. The van der Waals surface area contributed by atoms with E-state index in [4.69, 9.17) is 24.3 Å². The zero-order valence-corrected chi connectivity index (χ0v) is 20.8. The molecule has 3 aromatic rings. The van der Waals surface area contributed by atoms with Gasteiger partial charge >= 0.3 is 21.6 Å². The third kappa shape index (κ3) is 5.41. The summed E-state index contributed by atoms with van der Waals surface area (Å²) >= 11 is 0. The molecule has 33 heavy (non-hydrogen) atoms. The molecule has 1 aliphatic heterocycles. The van der Waals surface area contributed by atoms with Gasteiger partial charge in [0.1, 0.15) is 11.5 Å². The van der Waals surface area contributed by atoms with E-state index in [1.165, 1.54) is 48.5 Å². The molecule has 0 bridgehead atoms. The molecule has 4 rings (SSSR count). The fourth-order valence-electron chi connectivity index (χ4n) is 3.59. The smallest absolute Gasteiger partial charge is 0.441 e. The van der Waals surface area contributed by atoms with Crippen molar-refractivity contribution >= 4 is 51.2 Å². The van der Waals surface area contributed by atoms with E-state index in [-0.39, 0.29) is 41.1 Å². The second-order valence-electron chi connectivity index (χ2n) is 6.83. The summed E-state index contributed by atoms with van der Waals surface area (Å²) in [4.78, 5) is 48.7. The molecule has 0 atom stereocenters. The van der Waals surface area contributed by atoms with Gasteiger partial charge in [-0.05, 0) is 30.3 Å². The van der Waals surface area contributed by atoms with Gasteiger partial charge in [-0.25, -0.2) is 13.9 Å². The third-order valence-electron chi connectivity index (χ3n) is 4.74. The van der Waals surface area contributed by atoms with E-state index in [0.717, 1.165) is 0 Å². The van der Waals surface area contributed by atoms with E-state index in [2.05, 4.69) is 9.05 Å². The Morgan fingerprint density at radius 1 is 0.697 bits per heavy atom. The molecule has 1 radical (unpaired) electrons. The maximum Gasteiger partial charge on any atom is 0.524 e. The topological polar surface area (TPSA) is 160 Å². The number of cyclic esters (lactones) is 1. The summed E-state index contributed by atoms with van der Waals surface area (Å²) in [5.74, 6) is -0.743. The summed E-state index contributed by atoms with van der Waals surface area (Å²) < 4.78 is 37.2. The van der Waals surface area contributed by atoms with Crippen molar-refractivity contribution in [2.24, 2.45) is 0 Å². The van der Waals surface area contributed by atoms with Crippen molar-refractivity contribution in [1.82, 2.24) is 0 Å². The van der Waals surface area contributed by atoms with Crippen LogP contribution >= 0.6 is 15.6 Å². The molecule has 4 N–H and O–H groups in total. The van der Waals surface area contributed by atoms with Crippen molar-refractivity contribution in [1.29, 1.82) is 0 Å². The van der Waals surface area contributed by atoms with E-state index in [1.54, 1.807) is 24.3 Å². The maximum absolute atomic E-state index is 12.7. The average Bonchev–Trinajstić information content (AvgIpc) is 3.01. The fourth-order valence-corrected chi connectivity index (χ4v) is 4.38. The zero-order valence-electron chi connectivity index (χ0n) is 17.1. The van der Waals surface area contributed by atoms with Crippen LogP contribution in [0.1, 0.15) is 27.0 Å². The number of phosphoric ester groups is 2. The van der Waals surface area contributed by atoms with Gasteiger partial charge in [0.25, 0.3) is 0 Å². The van der Waals surface area contributed by atoms with Crippen molar-refractivity contribution in [2.75, 3.05) is 0 Å². The number of hydrogen-bond donors (Lipinski definition) is 4. The number of rotatable bonds is 6. The number of hydrogen-bond acceptors (Lipinski definition) is 6. The summed E-state index contributed by atoms with van der Waals surface area (Å²) in [6, 6.07) is 18.0. The van der Waals surface area contributed by atoms with Crippen LogP contribution < -0.4 is 9.05 Å². The van der Waals surface area contributed by atoms with Gasteiger partial charge in [0.05, 0.1) is 5.56 Å². The van der Waals surface area contributed by atoms with Gasteiger partial charge in [-0.2, -0.15) is 0 Å². The second kappa shape index (κ2) is 9.35. The Morgan fingerprint density at radius 3 is 1.55 bits per heavy atom. The molecule has 0 fully saturated rings. The average molecular weight is 501 g/mol. The van der Waals surface area contributed by atoms with Crippen LogP contribution in [0.15, 0.2) is 72.8 Å². The first-order valence-electron chi connectivity index (χ1n) is 9.02. The van der Waals surface area contributed by atoms with E-state index >= 15 is 0 Å². The summed E-state index contributed by atoms with van der Waals surface area (Å²) in [5, 5.41) is 0. The normalized spacial score (nSPS) is 14.6. The molecule has 0 aliphatic carbocycles. The number of ether oxygens (including phenoxy) is 1. The number of esters is 1. The van der Waals surface area contributed by atoms with Gasteiger partial charge in [0.2, 0.25) is 0 Å². The molecule has 0 spiro atoms. The molecule has 13 heteroatoms. The monoisotopic (exact) mass is 501 g/mol. The minimum atomic E-state index is -4.75.